The summed E-state index contributed by atoms with van der Waals surface area (Å²) in [5.41, 5.74) is 1.00. The molecule has 4 atom stereocenters. The van der Waals surface area contributed by atoms with Crippen LogP contribution in [0.25, 0.3) is 0 Å². The van der Waals surface area contributed by atoms with Crippen molar-refractivity contribution >= 4 is 5.91 Å². The number of nitrogens with one attached hydrogen (secondary N) is 1. The highest BCUT2D eigenvalue weighted by Crippen LogP contribution is 2.54. The number of carbonyl (C=O) groups is 1. The molecule has 3 fully saturated rings. The van der Waals surface area contributed by atoms with Crippen LogP contribution in [0.1, 0.15) is 31.7 Å². The van der Waals surface area contributed by atoms with E-state index in [0.29, 0.717) is 24.4 Å². The summed E-state index contributed by atoms with van der Waals surface area (Å²) in [6.45, 7) is 6.31. The monoisotopic (exact) mass is 358 g/mol. The average molecular weight is 358 g/mol. The Kier molecular flexibility index (Phi) is 4.93. The number of fused-ring (bicyclic) bond motifs is 1. The summed E-state index contributed by atoms with van der Waals surface area (Å²) in [6.07, 6.45) is 4.21. The second-order valence-corrected chi connectivity index (χ2v) is 8.06. The summed E-state index contributed by atoms with van der Waals surface area (Å²) < 4.78 is 11.8. The minimum absolute atomic E-state index is 0.0646. The van der Waals surface area contributed by atoms with Gasteiger partial charge in [0.05, 0.1) is 25.2 Å². The summed E-state index contributed by atoms with van der Waals surface area (Å²) in [5.74, 6) is 1.86. The van der Waals surface area contributed by atoms with Gasteiger partial charge in [0.25, 0.3) is 0 Å². The fraction of sp³-hybridized carbons (Fsp3) is 0.667. The number of amides is 1. The minimum Gasteiger partial charge on any atom is -0.496 e. The first-order valence-corrected chi connectivity index (χ1v) is 9.94. The Bertz CT molecular complexity index is 664. The number of nitrogens with zero attached hydrogens (tertiary/aromatic N) is 1. The summed E-state index contributed by atoms with van der Waals surface area (Å²) in [6, 6.07) is 7.72. The predicted octanol–water partition coefficient (Wildman–Crippen LogP) is 2.24. The molecular weight excluding hydrogens is 328 g/mol. The lowest BCUT2D eigenvalue weighted by Crippen LogP contribution is -2.42. The van der Waals surface area contributed by atoms with Crippen molar-refractivity contribution in [3.8, 4) is 5.75 Å². The van der Waals surface area contributed by atoms with Crippen LogP contribution < -0.4 is 10.1 Å². The number of rotatable bonds is 7. The lowest BCUT2D eigenvalue weighted by atomic mass is 9.73. The van der Waals surface area contributed by atoms with Crippen LogP contribution in [0, 0.1) is 11.8 Å². The van der Waals surface area contributed by atoms with E-state index in [9.17, 15) is 4.79 Å². The van der Waals surface area contributed by atoms with Gasteiger partial charge in [0.15, 0.2) is 0 Å². The fourth-order valence-corrected chi connectivity index (χ4v) is 5.36. The quantitative estimate of drug-likeness (QED) is 0.812. The molecule has 0 radical (unpaired) electrons. The second-order valence-electron chi connectivity index (χ2n) is 8.06. The molecule has 1 N–H and O–H groups in total. The van der Waals surface area contributed by atoms with Gasteiger partial charge in [-0.3, -0.25) is 4.79 Å². The fourth-order valence-electron chi connectivity index (χ4n) is 5.36. The summed E-state index contributed by atoms with van der Waals surface area (Å²) in [7, 11) is 1.64. The van der Waals surface area contributed by atoms with E-state index in [4.69, 9.17) is 9.47 Å². The molecule has 0 saturated carbocycles. The highest BCUT2D eigenvalue weighted by atomic mass is 16.5. The third kappa shape index (κ3) is 3.12. The third-order valence-corrected chi connectivity index (χ3v) is 6.47. The molecule has 1 spiro atoms. The Labute approximate surface area is 156 Å². The van der Waals surface area contributed by atoms with E-state index in [1.807, 2.05) is 24.3 Å². The maximum Gasteiger partial charge on any atom is 0.224 e. The topological polar surface area (TPSA) is 50.8 Å². The van der Waals surface area contributed by atoms with E-state index in [0.717, 1.165) is 43.9 Å². The van der Waals surface area contributed by atoms with Gasteiger partial charge < -0.3 is 19.7 Å². The first-order valence-electron chi connectivity index (χ1n) is 9.94. The highest BCUT2D eigenvalue weighted by Gasteiger charge is 2.62. The van der Waals surface area contributed by atoms with Crippen LogP contribution >= 0.6 is 0 Å². The van der Waals surface area contributed by atoms with Crippen LogP contribution in [0.3, 0.4) is 0 Å². The normalized spacial score (nSPS) is 32.6. The van der Waals surface area contributed by atoms with Crippen molar-refractivity contribution in [1.29, 1.82) is 0 Å². The number of methoxy groups -OCH3 is 1. The Balaban J connectivity index is 1.35. The maximum atomic E-state index is 12.5. The summed E-state index contributed by atoms with van der Waals surface area (Å²) in [5, 5.41) is 3.17. The standard InChI is InChI=1S/C21H30N2O3/c1-3-10-23-13-17-16(19-8-9-21(17,14-23)26-19)12-22-20(24)11-15-6-4-5-7-18(15)25-2/h4-7,16-17,19H,3,8-14H2,1-2H3,(H,22,24)/t16-,17+,19+,21+/m0/s1. The number of hydrogen-bond donors (Lipinski definition) is 1. The molecule has 3 aliphatic rings. The van der Waals surface area contributed by atoms with E-state index < -0.39 is 0 Å². The molecule has 5 nitrogen and oxygen atoms in total. The minimum atomic E-state index is 0.0646. The van der Waals surface area contributed by atoms with Crippen LogP contribution in [0.4, 0.5) is 0 Å². The van der Waals surface area contributed by atoms with Crippen LogP contribution in [0.15, 0.2) is 24.3 Å². The molecule has 1 amide bonds. The van der Waals surface area contributed by atoms with Crippen molar-refractivity contribution in [2.24, 2.45) is 11.8 Å². The van der Waals surface area contributed by atoms with E-state index in [1.54, 1.807) is 7.11 Å². The van der Waals surface area contributed by atoms with Gasteiger partial charge in [-0.15, -0.1) is 0 Å². The summed E-state index contributed by atoms with van der Waals surface area (Å²) >= 11 is 0. The van der Waals surface area contributed by atoms with Crippen molar-refractivity contribution in [3.05, 3.63) is 29.8 Å². The molecule has 3 aliphatic heterocycles. The first-order chi connectivity index (χ1) is 12.6. The van der Waals surface area contributed by atoms with Crippen LogP contribution in [-0.2, 0) is 16.0 Å². The Morgan fingerprint density at radius 1 is 1.42 bits per heavy atom. The van der Waals surface area contributed by atoms with Crippen LogP contribution in [0.2, 0.25) is 0 Å². The van der Waals surface area contributed by atoms with Crippen molar-refractivity contribution in [2.75, 3.05) is 33.3 Å². The van der Waals surface area contributed by atoms with Gasteiger partial charge in [0.2, 0.25) is 5.91 Å². The zero-order valence-electron chi connectivity index (χ0n) is 15.9. The number of carbonyl (C=O) groups excluding carboxylic acids is 1. The van der Waals surface area contributed by atoms with Crippen molar-refractivity contribution in [3.63, 3.8) is 0 Å². The van der Waals surface area contributed by atoms with E-state index in [1.165, 1.54) is 12.8 Å². The number of hydrogen-bond acceptors (Lipinski definition) is 4. The molecule has 0 aromatic heterocycles. The number of benzene rings is 1. The smallest absolute Gasteiger partial charge is 0.224 e. The molecule has 2 bridgehead atoms. The van der Waals surface area contributed by atoms with Crippen molar-refractivity contribution in [2.45, 2.75) is 44.3 Å². The molecule has 3 saturated heterocycles. The van der Waals surface area contributed by atoms with E-state index in [-0.39, 0.29) is 11.5 Å². The number of para-hydroxylation sites is 1. The molecule has 5 heteroatoms. The molecule has 1 aromatic carbocycles. The molecule has 0 aliphatic carbocycles. The van der Waals surface area contributed by atoms with Gasteiger partial charge in [-0.05, 0) is 31.9 Å². The van der Waals surface area contributed by atoms with E-state index in [2.05, 4.69) is 17.1 Å². The Hall–Kier alpha value is -1.59. The van der Waals surface area contributed by atoms with Crippen LogP contribution in [0.5, 0.6) is 5.75 Å². The van der Waals surface area contributed by atoms with E-state index >= 15 is 0 Å². The van der Waals surface area contributed by atoms with Gasteiger partial charge in [-0.2, -0.15) is 0 Å². The molecule has 26 heavy (non-hydrogen) atoms. The average Bonchev–Trinajstić information content (AvgIpc) is 3.28. The largest absolute Gasteiger partial charge is 0.496 e. The molecule has 4 rings (SSSR count). The van der Waals surface area contributed by atoms with Gasteiger partial charge in [0.1, 0.15) is 5.75 Å². The van der Waals surface area contributed by atoms with Gasteiger partial charge >= 0.3 is 0 Å². The van der Waals surface area contributed by atoms with Crippen molar-refractivity contribution < 1.29 is 14.3 Å². The molecule has 0 unspecified atom stereocenters. The zero-order chi connectivity index (χ0) is 18.1. The first kappa shape index (κ1) is 17.8. The van der Waals surface area contributed by atoms with Crippen molar-refractivity contribution in [1.82, 2.24) is 10.2 Å². The molecule has 142 valence electrons. The third-order valence-electron chi connectivity index (χ3n) is 6.47. The second kappa shape index (κ2) is 7.20. The Morgan fingerprint density at radius 3 is 3.08 bits per heavy atom. The van der Waals surface area contributed by atoms with Gasteiger partial charge in [-0.1, -0.05) is 25.1 Å². The maximum absolute atomic E-state index is 12.5. The SMILES string of the molecule is CCCN1C[C@@H]2[C@H](CNC(=O)Cc3ccccc3OC)[C@H]3CC[C@]2(C1)O3. The van der Waals surface area contributed by atoms with Gasteiger partial charge in [0, 0.05) is 37.0 Å². The number of ether oxygens (including phenoxy) is 2. The number of likely N-dealkylation sites (tertiary alicyclic amines) is 1. The van der Waals surface area contributed by atoms with Crippen LogP contribution in [-0.4, -0.2) is 55.8 Å². The predicted molar refractivity (Wildman–Crippen MR) is 100 cm³/mol. The molecular formula is C21H30N2O3. The lowest BCUT2D eigenvalue weighted by Gasteiger charge is -2.29. The molecule has 3 heterocycles. The van der Waals surface area contributed by atoms with Gasteiger partial charge in [-0.25, -0.2) is 0 Å². The molecule has 1 aromatic rings. The Morgan fingerprint density at radius 2 is 2.27 bits per heavy atom. The zero-order valence-corrected chi connectivity index (χ0v) is 15.9. The lowest BCUT2D eigenvalue weighted by molar-refractivity contribution is -0.120. The highest BCUT2D eigenvalue weighted by molar-refractivity contribution is 5.79. The summed E-state index contributed by atoms with van der Waals surface area (Å²) in [4.78, 5) is 15.0.